The van der Waals surface area contributed by atoms with Gasteiger partial charge in [0.05, 0.1) is 17.2 Å². The molecule has 0 amide bonds. The molecule has 40 heavy (non-hydrogen) atoms. The van der Waals surface area contributed by atoms with E-state index in [0.29, 0.717) is 6.61 Å². The summed E-state index contributed by atoms with van der Waals surface area (Å²) in [5.74, 6) is 0.467. The lowest BCUT2D eigenvalue weighted by Crippen LogP contribution is -2.40. The van der Waals surface area contributed by atoms with Gasteiger partial charge in [-0.15, -0.1) is 21.5 Å². The summed E-state index contributed by atoms with van der Waals surface area (Å²) < 4.78 is 5.18. The molecule has 1 aliphatic heterocycles. The maximum atomic E-state index is 12.3. The number of fused-ring (bicyclic) bond motifs is 1. The quantitative estimate of drug-likeness (QED) is 0.112. The molecule has 0 spiro atoms. The van der Waals surface area contributed by atoms with Gasteiger partial charge in [0.15, 0.2) is 5.96 Å². The Bertz CT molecular complexity index is 1510. The molecule has 1 N–H and O–H groups in total. The van der Waals surface area contributed by atoms with Crippen LogP contribution in [0.25, 0.3) is 38.7 Å². The summed E-state index contributed by atoms with van der Waals surface area (Å²) >= 11 is 1.50. The number of piperidine rings is 1. The average Bonchev–Trinajstić information content (AvgIpc) is 3.33. The minimum absolute atomic E-state index is 0.112. The highest BCUT2D eigenvalue weighted by Gasteiger charge is 2.24. The van der Waals surface area contributed by atoms with E-state index in [9.17, 15) is 4.79 Å². The summed E-state index contributed by atoms with van der Waals surface area (Å²) in [7, 11) is 0. The minimum atomic E-state index is -0.377. The van der Waals surface area contributed by atoms with E-state index < -0.39 is 0 Å². The third-order valence-electron chi connectivity index (χ3n) is 6.68. The van der Waals surface area contributed by atoms with E-state index in [1.165, 1.54) is 23.8 Å². The Hall–Kier alpha value is -4.04. The molecular formula is C32H35N5O2S. The number of hydrogen-bond acceptors (Lipinski definition) is 6. The Balaban J connectivity index is 1.76. The fourth-order valence-corrected chi connectivity index (χ4v) is 5.90. The van der Waals surface area contributed by atoms with Gasteiger partial charge in [-0.05, 0) is 51.7 Å². The molecule has 1 saturated heterocycles. The number of thiophene rings is 1. The van der Waals surface area contributed by atoms with Gasteiger partial charge in [-0.25, -0.2) is 4.79 Å². The normalized spacial score (nSPS) is 14.3. The SMILES string of the molecule is CCOC(=O)/C=C/c1sc2nnc(-c3ccccc3)c(-c3ccccc3)c2c1NC(=NC(C)C)N1CCCCC1. The molecule has 0 unspecified atom stereocenters. The van der Waals surface area contributed by atoms with Gasteiger partial charge >= 0.3 is 5.97 Å². The first kappa shape index (κ1) is 27.5. The smallest absolute Gasteiger partial charge is 0.330 e. The summed E-state index contributed by atoms with van der Waals surface area (Å²) in [5.41, 5.74) is 4.71. The van der Waals surface area contributed by atoms with Crippen molar-refractivity contribution in [3.8, 4) is 22.4 Å². The Morgan fingerprint density at radius 3 is 2.35 bits per heavy atom. The predicted octanol–water partition coefficient (Wildman–Crippen LogP) is 7.26. The third-order valence-corrected chi connectivity index (χ3v) is 7.72. The average molecular weight is 554 g/mol. The Morgan fingerprint density at radius 1 is 1.02 bits per heavy atom. The molecule has 7 nitrogen and oxygen atoms in total. The molecule has 3 heterocycles. The number of aliphatic imine (C=N–C) groups is 1. The van der Waals surface area contributed by atoms with Crippen LogP contribution in [0.5, 0.6) is 0 Å². The number of hydrogen-bond donors (Lipinski definition) is 1. The zero-order valence-corrected chi connectivity index (χ0v) is 24.1. The van der Waals surface area contributed by atoms with E-state index in [0.717, 1.165) is 75.1 Å². The molecule has 8 heteroatoms. The molecule has 0 saturated carbocycles. The molecule has 1 fully saturated rings. The van der Waals surface area contributed by atoms with Gasteiger partial charge in [0.2, 0.25) is 0 Å². The van der Waals surface area contributed by atoms with Crippen molar-refractivity contribution in [1.29, 1.82) is 0 Å². The van der Waals surface area contributed by atoms with Gasteiger partial charge in [0.25, 0.3) is 0 Å². The number of aromatic nitrogens is 2. The van der Waals surface area contributed by atoms with E-state index in [4.69, 9.17) is 19.9 Å². The highest BCUT2D eigenvalue weighted by atomic mass is 32.1. The molecule has 4 aromatic rings. The molecule has 206 valence electrons. The first-order chi connectivity index (χ1) is 19.5. The zero-order chi connectivity index (χ0) is 27.9. The van der Waals surface area contributed by atoms with Crippen LogP contribution in [0.4, 0.5) is 5.69 Å². The van der Waals surface area contributed by atoms with Crippen LogP contribution in [0, 0.1) is 0 Å². The van der Waals surface area contributed by atoms with Crippen LogP contribution in [0.2, 0.25) is 0 Å². The Morgan fingerprint density at radius 2 is 1.70 bits per heavy atom. The summed E-state index contributed by atoms with van der Waals surface area (Å²) in [4.78, 5) is 21.3. The van der Waals surface area contributed by atoms with Gasteiger partial charge < -0.3 is 15.0 Å². The van der Waals surface area contributed by atoms with Gasteiger partial charge in [-0.2, -0.15) is 0 Å². The summed E-state index contributed by atoms with van der Waals surface area (Å²) in [6, 6.07) is 20.6. The predicted molar refractivity (Wildman–Crippen MR) is 166 cm³/mol. The molecule has 2 aromatic carbocycles. The van der Waals surface area contributed by atoms with Crippen molar-refractivity contribution >= 4 is 45.2 Å². The second-order valence-electron chi connectivity index (χ2n) is 9.98. The van der Waals surface area contributed by atoms with Crippen LogP contribution in [0.1, 0.15) is 44.9 Å². The fraction of sp³-hybridized carbons (Fsp3) is 0.312. The van der Waals surface area contributed by atoms with Crippen molar-refractivity contribution in [2.75, 3.05) is 25.0 Å². The van der Waals surface area contributed by atoms with Gasteiger partial charge in [-0.3, -0.25) is 4.99 Å². The number of nitrogens with zero attached hydrogens (tertiary/aromatic N) is 4. The third kappa shape index (κ3) is 6.23. The number of likely N-dealkylation sites (tertiary alicyclic amines) is 1. The Kier molecular flexibility index (Phi) is 8.86. The summed E-state index contributed by atoms with van der Waals surface area (Å²) in [5, 5.41) is 14.1. The largest absolute Gasteiger partial charge is 0.463 e. The van der Waals surface area contributed by atoms with Crippen LogP contribution in [0.15, 0.2) is 71.7 Å². The van der Waals surface area contributed by atoms with Crippen molar-refractivity contribution in [3.05, 3.63) is 71.6 Å². The molecule has 0 aliphatic carbocycles. The van der Waals surface area contributed by atoms with Crippen LogP contribution < -0.4 is 5.32 Å². The van der Waals surface area contributed by atoms with Crippen molar-refractivity contribution in [2.45, 2.75) is 46.1 Å². The molecular weight excluding hydrogens is 518 g/mol. The lowest BCUT2D eigenvalue weighted by atomic mass is 9.96. The van der Waals surface area contributed by atoms with E-state index in [1.807, 2.05) is 42.5 Å². The van der Waals surface area contributed by atoms with Crippen molar-refractivity contribution < 1.29 is 9.53 Å². The number of rotatable bonds is 7. The second-order valence-corrected chi connectivity index (χ2v) is 11.0. The number of carbonyl (C=O) groups excluding carboxylic acids is 1. The first-order valence-electron chi connectivity index (χ1n) is 13.9. The van der Waals surface area contributed by atoms with Crippen molar-refractivity contribution in [3.63, 3.8) is 0 Å². The number of nitrogens with one attached hydrogen (secondary N) is 1. The molecule has 1 aliphatic rings. The zero-order valence-electron chi connectivity index (χ0n) is 23.3. The van der Waals surface area contributed by atoms with E-state index in [1.54, 1.807) is 6.92 Å². The van der Waals surface area contributed by atoms with Gasteiger partial charge in [0, 0.05) is 41.7 Å². The second kappa shape index (κ2) is 12.9. The summed E-state index contributed by atoms with van der Waals surface area (Å²) in [6.45, 7) is 8.22. The maximum absolute atomic E-state index is 12.3. The monoisotopic (exact) mass is 553 g/mol. The standard InChI is InChI=1S/C32H35N5O2S/c1-4-39-26(38)19-18-25-30(34-32(33-22(2)3)37-20-12-7-13-21-37)28-27(23-14-8-5-9-15-23)29(35-36-31(28)40-25)24-16-10-6-11-17-24/h5-6,8-11,14-19,22H,4,7,12-13,20-21H2,1-3H3,(H,33,34)/b19-18+. The van der Waals surface area contributed by atoms with Crippen molar-refractivity contribution in [1.82, 2.24) is 15.1 Å². The minimum Gasteiger partial charge on any atom is -0.463 e. The van der Waals surface area contributed by atoms with Crippen LogP contribution >= 0.6 is 11.3 Å². The number of ether oxygens (including phenoxy) is 1. The van der Waals surface area contributed by atoms with Crippen LogP contribution in [0.3, 0.4) is 0 Å². The maximum Gasteiger partial charge on any atom is 0.330 e. The lowest BCUT2D eigenvalue weighted by Gasteiger charge is -2.31. The molecule has 0 radical (unpaired) electrons. The van der Waals surface area contributed by atoms with E-state index in [-0.39, 0.29) is 12.0 Å². The number of anilines is 1. The Labute approximate surface area is 239 Å². The topological polar surface area (TPSA) is 79.7 Å². The first-order valence-corrected chi connectivity index (χ1v) is 14.8. The van der Waals surface area contributed by atoms with E-state index >= 15 is 0 Å². The highest BCUT2D eigenvalue weighted by molar-refractivity contribution is 7.20. The van der Waals surface area contributed by atoms with E-state index in [2.05, 4.69) is 48.3 Å². The van der Waals surface area contributed by atoms with Crippen LogP contribution in [-0.4, -0.2) is 52.8 Å². The molecule has 5 rings (SSSR count). The van der Waals surface area contributed by atoms with Gasteiger partial charge in [0.1, 0.15) is 10.5 Å². The van der Waals surface area contributed by atoms with Crippen molar-refractivity contribution in [2.24, 2.45) is 4.99 Å². The lowest BCUT2D eigenvalue weighted by molar-refractivity contribution is -0.137. The number of carbonyl (C=O) groups is 1. The number of benzene rings is 2. The molecule has 0 bridgehead atoms. The highest BCUT2D eigenvalue weighted by Crippen LogP contribution is 2.45. The number of esters is 1. The molecule has 2 aromatic heterocycles. The fourth-order valence-electron chi connectivity index (χ4n) is 4.92. The number of guanidine groups is 1. The summed E-state index contributed by atoms with van der Waals surface area (Å²) in [6.07, 6.45) is 6.80. The van der Waals surface area contributed by atoms with Gasteiger partial charge in [-0.1, -0.05) is 60.7 Å². The molecule has 0 atom stereocenters. The van der Waals surface area contributed by atoms with Crippen LogP contribution in [-0.2, 0) is 9.53 Å².